The van der Waals surface area contributed by atoms with Crippen LogP contribution in [0.15, 0.2) is 0 Å². The van der Waals surface area contributed by atoms with Crippen molar-refractivity contribution in [2.45, 2.75) is 6.42 Å². The summed E-state index contributed by atoms with van der Waals surface area (Å²) in [4.78, 5) is 12.0. The van der Waals surface area contributed by atoms with Crippen LogP contribution >= 0.6 is 0 Å². The number of hydrogen-bond donors (Lipinski definition) is 0. The van der Waals surface area contributed by atoms with E-state index in [0.717, 1.165) is 39.0 Å². The van der Waals surface area contributed by atoms with Crippen molar-refractivity contribution in [3.63, 3.8) is 0 Å². The van der Waals surface area contributed by atoms with E-state index in [-0.39, 0.29) is 0 Å². The lowest BCUT2D eigenvalue weighted by molar-refractivity contribution is -0.117. The molecule has 1 heterocycles. The molecule has 0 aromatic rings. The Labute approximate surface area is 55.0 Å². The number of amides is 1. The van der Waals surface area contributed by atoms with Gasteiger partial charge in [0.05, 0.1) is 0 Å². The maximum Gasteiger partial charge on any atom is 0.209 e. The van der Waals surface area contributed by atoms with Crippen molar-refractivity contribution in [3.8, 4) is 0 Å². The minimum absolute atomic E-state index is 0.809. The summed E-state index contributed by atoms with van der Waals surface area (Å²) in [5.41, 5.74) is 0. The van der Waals surface area contributed by atoms with Gasteiger partial charge in [0, 0.05) is 26.2 Å². The lowest BCUT2D eigenvalue weighted by Gasteiger charge is -2.11. The highest BCUT2D eigenvalue weighted by Gasteiger charge is 2.04. The summed E-state index contributed by atoms with van der Waals surface area (Å²) >= 11 is 0. The van der Waals surface area contributed by atoms with Gasteiger partial charge in [-0.25, -0.2) is 5.32 Å². The lowest BCUT2D eigenvalue weighted by atomic mass is 10.4. The molecular weight excluding hydrogens is 116 g/mol. The monoisotopic (exact) mass is 127 g/mol. The van der Waals surface area contributed by atoms with Crippen LogP contribution in [0, 0.1) is 0 Å². The van der Waals surface area contributed by atoms with E-state index in [9.17, 15) is 4.79 Å². The quantitative estimate of drug-likeness (QED) is 0.435. The zero-order valence-electron chi connectivity index (χ0n) is 5.42. The summed E-state index contributed by atoms with van der Waals surface area (Å²) < 4.78 is 0. The van der Waals surface area contributed by atoms with Crippen LogP contribution in [0.5, 0.6) is 0 Å². The zero-order chi connectivity index (χ0) is 6.53. The van der Waals surface area contributed by atoms with E-state index < -0.39 is 0 Å². The third-order valence-electron chi connectivity index (χ3n) is 1.46. The van der Waals surface area contributed by atoms with Crippen LogP contribution in [0.3, 0.4) is 0 Å². The van der Waals surface area contributed by atoms with Gasteiger partial charge in [-0.2, -0.15) is 0 Å². The van der Waals surface area contributed by atoms with Gasteiger partial charge in [0.2, 0.25) is 6.41 Å². The Kier molecular flexibility index (Phi) is 2.51. The van der Waals surface area contributed by atoms with E-state index in [2.05, 4.69) is 5.32 Å². The van der Waals surface area contributed by atoms with Crippen molar-refractivity contribution >= 4 is 6.41 Å². The van der Waals surface area contributed by atoms with Crippen molar-refractivity contribution < 1.29 is 4.79 Å². The predicted molar refractivity (Wildman–Crippen MR) is 34.1 cm³/mol. The number of hydrogen-bond acceptors (Lipinski definition) is 1. The summed E-state index contributed by atoms with van der Waals surface area (Å²) in [6.45, 7) is 3.43. The highest BCUT2D eigenvalue weighted by Crippen LogP contribution is 1.90. The van der Waals surface area contributed by atoms with E-state index in [1.54, 1.807) is 4.90 Å². The molecule has 51 valence electrons. The third kappa shape index (κ3) is 2.01. The fraction of sp³-hybridized carbons (Fsp3) is 0.833. The maximum absolute atomic E-state index is 10.2. The molecule has 0 saturated carbocycles. The second kappa shape index (κ2) is 3.45. The zero-order valence-corrected chi connectivity index (χ0v) is 5.42. The molecule has 0 atom stereocenters. The third-order valence-corrected chi connectivity index (χ3v) is 1.46. The molecule has 1 saturated heterocycles. The largest absolute Gasteiger partial charge is 0.344 e. The molecule has 1 aliphatic rings. The summed E-state index contributed by atoms with van der Waals surface area (Å²) in [5, 5.41) is 4.17. The molecule has 0 aromatic carbocycles. The van der Waals surface area contributed by atoms with Crippen LogP contribution in [0.4, 0.5) is 0 Å². The predicted octanol–water partition coefficient (Wildman–Crippen LogP) is -0.547. The topological polar surface area (TPSA) is 34.4 Å². The lowest BCUT2D eigenvalue weighted by Crippen LogP contribution is -2.25. The molecule has 0 aliphatic carbocycles. The van der Waals surface area contributed by atoms with Gasteiger partial charge in [-0.3, -0.25) is 4.79 Å². The van der Waals surface area contributed by atoms with Crippen molar-refractivity contribution in [1.29, 1.82) is 0 Å². The fourth-order valence-corrected chi connectivity index (χ4v) is 0.914. The SMILES string of the molecule is O=CN1CCC[N]CC1. The number of carbonyl (C=O) groups is 1. The van der Waals surface area contributed by atoms with Crippen LogP contribution in [-0.2, 0) is 4.79 Å². The van der Waals surface area contributed by atoms with Crippen LogP contribution in [0.2, 0.25) is 0 Å². The Morgan fingerprint density at radius 1 is 1.33 bits per heavy atom. The molecule has 0 spiro atoms. The molecule has 0 aromatic heterocycles. The Morgan fingerprint density at radius 2 is 2.22 bits per heavy atom. The van der Waals surface area contributed by atoms with Gasteiger partial charge >= 0.3 is 0 Å². The Bertz CT molecular complexity index is 87.1. The first-order chi connectivity index (χ1) is 4.43. The van der Waals surface area contributed by atoms with Gasteiger partial charge in [-0.15, -0.1) is 0 Å². The molecular formula is C6H11N2O. The molecule has 1 amide bonds. The van der Waals surface area contributed by atoms with Gasteiger partial charge in [0.15, 0.2) is 0 Å². The molecule has 9 heavy (non-hydrogen) atoms. The highest BCUT2D eigenvalue weighted by molar-refractivity contribution is 5.46. The van der Waals surface area contributed by atoms with E-state index in [0.29, 0.717) is 0 Å². The van der Waals surface area contributed by atoms with Gasteiger partial charge in [-0.05, 0) is 6.42 Å². The van der Waals surface area contributed by atoms with E-state index in [1.165, 1.54) is 0 Å². The van der Waals surface area contributed by atoms with Crippen LogP contribution in [-0.4, -0.2) is 37.5 Å². The van der Waals surface area contributed by atoms with Crippen molar-refractivity contribution in [3.05, 3.63) is 0 Å². The van der Waals surface area contributed by atoms with E-state index in [4.69, 9.17) is 0 Å². The Hall–Kier alpha value is -0.570. The second-order valence-electron chi connectivity index (χ2n) is 2.17. The van der Waals surface area contributed by atoms with E-state index >= 15 is 0 Å². The maximum atomic E-state index is 10.2. The molecule has 0 unspecified atom stereocenters. The molecule has 3 heteroatoms. The van der Waals surface area contributed by atoms with Crippen molar-refractivity contribution in [2.75, 3.05) is 26.2 Å². The minimum Gasteiger partial charge on any atom is -0.344 e. The first-order valence-corrected chi connectivity index (χ1v) is 3.26. The Balaban J connectivity index is 2.26. The second-order valence-corrected chi connectivity index (χ2v) is 2.17. The molecule has 1 aliphatic heterocycles. The highest BCUT2D eigenvalue weighted by atomic mass is 16.1. The summed E-state index contributed by atoms with van der Waals surface area (Å²) in [5.74, 6) is 0. The number of carbonyl (C=O) groups excluding carboxylic acids is 1. The normalized spacial score (nSPS) is 21.1. The number of rotatable bonds is 1. The van der Waals surface area contributed by atoms with Crippen molar-refractivity contribution in [2.24, 2.45) is 0 Å². The van der Waals surface area contributed by atoms with Crippen LogP contribution in [0.1, 0.15) is 6.42 Å². The fourth-order valence-electron chi connectivity index (χ4n) is 0.914. The van der Waals surface area contributed by atoms with Crippen LogP contribution < -0.4 is 5.32 Å². The summed E-state index contributed by atoms with van der Waals surface area (Å²) in [7, 11) is 0. The Morgan fingerprint density at radius 3 is 3.00 bits per heavy atom. The summed E-state index contributed by atoms with van der Waals surface area (Å²) in [6, 6.07) is 0. The van der Waals surface area contributed by atoms with Gasteiger partial charge < -0.3 is 4.90 Å². The molecule has 1 rings (SSSR count). The van der Waals surface area contributed by atoms with Crippen LogP contribution in [0.25, 0.3) is 0 Å². The molecule has 0 N–H and O–H groups in total. The van der Waals surface area contributed by atoms with Gasteiger partial charge in [-0.1, -0.05) is 0 Å². The smallest absolute Gasteiger partial charge is 0.209 e. The first kappa shape index (κ1) is 6.55. The average molecular weight is 127 g/mol. The number of nitrogens with zero attached hydrogens (tertiary/aromatic N) is 2. The van der Waals surface area contributed by atoms with E-state index in [1.807, 2.05) is 0 Å². The minimum atomic E-state index is 0.809. The molecule has 3 nitrogen and oxygen atoms in total. The molecule has 0 bridgehead atoms. The molecule has 1 fully saturated rings. The standard InChI is InChI=1S/C6H11N2O/c9-6-8-4-1-2-7-3-5-8/h6H,1-5H2. The van der Waals surface area contributed by atoms with Gasteiger partial charge in [0.25, 0.3) is 0 Å². The molecule has 1 radical (unpaired) electrons. The van der Waals surface area contributed by atoms with Gasteiger partial charge in [0.1, 0.15) is 0 Å². The first-order valence-electron chi connectivity index (χ1n) is 3.26. The van der Waals surface area contributed by atoms with Crippen molar-refractivity contribution in [1.82, 2.24) is 10.2 Å². The summed E-state index contributed by atoms with van der Waals surface area (Å²) in [6.07, 6.45) is 1.93. The average Bonchev–Trinajstić information content (AvgIpc) is 2.13.